The van der Waals surface area contributed by atoms with Crippen molar-refractivity contribution >= 4 is 5.91 Å². The molecule has 2 saturated heterocycles. The molecule has 2 atom stereocenters. The first-order valence-corrected chi connectivity index (χ1v) is 5.77. The summed E-state index contributed by atoms with van der Waals surface area (Å²) in [5.41, 5.74) is 0. The van der Waals surface area contributed by atoms with Crippen LogP contribution >= 0.6 is 0 Å². The van der Waals surface area contributed by atoms with E-state index in [1.807, 2.05) is 0 Å². The molecule has 0 aromatic rings. The fourth-order valence-electron chi connectivity index (χ4n) is 2.86. The molecule has 2 aliphatic rings. The number of carbonyl (C=O) groups excluding carboxylic acids is 1. The summed E-state index contributed by atoms with van der Waals surface area (Å²) in [7, 11) is 0. The highest BCUT2D eigenvalue weighted by atomic mass is 16.2. The van der Waals surface area contributed by atoms with Crippen molar-refractivity contribution in [3.05, 3.63) is 0 Å². The summed E-state index contributed by atoms with van der Waals surface area (Å²) in [4.78, 5) is 13.6. The van der Waals surface area contributed by atoms with Crippen molar-refractivity contribution < 1.29 is 4.79 Å². The third-order valence-corrected chi connectivity index (χ3v) is 3.60. The van der Waals surface area contributed by atoms with Gasteiger partial charge in [0.25, 0.3) is 0 Å². The van der Waals surface area contributed by atoms with E-state index >= 15 is 0 Å². The summed E-state index contributed by atoms with van der Waals surface area (Å²) in [5.74, 6) is 0.971. The first-order valence-electron chi connectivity index (χ1n) is 5.77. The molecular weight excluding hydrogens is 176 g/mol. The average Bonchev–Trinajstić information content (AvgIpc) is 2.39. The summed E-state index contributed by atoms with van der Waals surface area (Å²) < 4.78 is 0. The van der Waals surface area contributed by atoms with Gasteiger partial charge < -0.3 is 10.2 Å². The van der Waals surface area contributed by atoms with Crippen molar-refractivity contribution in [1.82, 2.24) is 10.2 Å². The summed E-state index contributed by atoms with van der Waals surface area (Å²) in [6, 6.07) is 0.524. The van der Waals surface area contributed by atoms with Gasteiger partial charge in [-0.25, -0.2) is 0 Å². The first kappa shape index (κ1) is 9.97. The Morgan fingerprint density at radius 2 is 2.21 bits per heavy atom. The van der Waals surface area contributed by atoms with Gasteiger partial charge in [-0.05, 0) is 38.3 Å². The molecule has 0 radical (unpaired) electrons. The fraction of sp³-hybridized carbons (Fsp3) is 0.909. The Morgan fingerprint density at radius 3 is 3.00 bits per heavy atom. The second-order valence-corrected chi connectivity index (χ2v) is 4.53. The molecule has 2 rings (SSSR count). The van der Waals surface area contributed by atoms with Crippen LogP contribution in [-0.4, -0.2) is 36.5 Å². The van der Waals surface area contributed by atoms with Crippen LogP contribution in [0.2, 0.25) is 0 Å². The summed E-state index contributed by atoms with van der Waals surface area (Å²) in [6.45, 7) is 4.88. The van der Waals surface area contributed by atoms with Crippen LogP contribution in [0.15, 0.2) is 0 Å². The predicted octanol–water partition coefficient (Wildman–Crippen LogP) is 0.997. The number of carbonyl (C=O) groups is 1. The Labute approximate surface area is 85.8 Å². The number of hydrogen-bond acceptors (Lipinski definition) is 2. The maximum atomic E-state index is 11.5. The number of hydrogen-bond donors (Lipinski definition) is 1. The summed E-state index contributed by atoms with van der Waals surface area (Å²) >= 11 is 0. The smallest absolute Gasteiger partial charge is 0.219 e. The van der Waals surface area contributed by atoms with Gasteiger partial charge in [-0.15, -0.1) is 0 Å². The molecule has 2 fully saturated rings. The van der Waals surface area contributed by atoms with Crippen LogP contribution in [0.25, 0.3) is 0 Å². The molecular formula is C11H20N2O. The highest BCUT2D eigenvalue weighted by Crippen LogP contribution is 2.26. The molecule has 3 nitrogen and oxygen atoms in total. The normalized spacial score (nSPS) is 33.4. The average molecular weight is 196 g/mol. The van der Waals surface area contributed by atoms with Crippen LogP contribution in [0.1, 0.15) is 32.6 Å². The largest absolute Gasteiger partial charge is 0.340 e. The molecule has 0 saturated carbocycles. The van der Waals surface area contributed by atoms with Gasteiger partial charge in [0.2, 0.25) is 5.91 Å². The number of amides is 1. The predicted molar refractivity (Wildman–Crippen MR) is 56.0 cm³/mol. The quantitative estimate of drug-likeness (QED) is 0.627. The van der Waals surface area contributed by atoms with E-state index in [1.165, 1.54) is 19.3 Å². The molecule has 0 spiro atoms. The van der Waals surface area contributed by atoms with Crippen LogP contribution in [0.4, 0.5) is 0 Å². The molecule has 0 aliphatic carbocycles. The molecule has 0 aromatic heterocycles. The molecule has 2 heterocycles. The number of piperidine rings is 1. The Hall–Kier alpha value is -0.570. The maximum absolute atomic E-state index is 11.5. The number of likely N-dealkylation sites (tertiary alicyclic amines) is 1. The zero-order valence-corrected chi connectivity index (χ0v) is 8.96. The number of fused-ring (bicyclic) bond motifs is 1. The molecule has 1 amide bonds. The van der Waals surface area contributed by atoms with Crippen molar-refractivity contribution in [2.75, 3.05) is 19.6 Å². The molecule has 0 bridgehead atoms. The Bertz CT molecular complexity index is 217. The maximum Gasteiger partial charge on any atom is 0.219 e. The second-order valence-electron chi connectivity index (χ2n) is 4.53. The van der Waals surface area contributed by atoms with Gasteiger partial charge in [-0.3, -0.25) is 4.79 Å². The molecule has 0 unspecified atom stereocenters. The van der Waals surface area contributed by atoms with Crippen molar-refractivity contribution in [1.29, 1.82) is 0 Å². The second kappa shape index (κ2) is 4.30. The van der Waals surface area contributed by atoms with Crippen molar-refractivity contribution in [2.24, 2.45) is 5.92 Å². The van der Waals surface area contributed by atoms with Crippen LogP contribution in [0.3, 0.4) is 0 Å². The van der Waals surface area contributed by atoms with Crippen LogP contribution < -0.4 is 5.32 Å². The minimum Gasteiger partial charge on any atom is -0.340 e. The van der Waals surface area contributed by atoms with E-state index in [2.05, 4.69) is 10.2 Å². The third-order valence-electron chi connectivity index (χ3n) is 3.60. The SMILES string of the molecule is CC(=O)N1CCCC[C@@H]2CNCC[C@H]21. The zero-order valence-electron chi connectivity index (χ0n) is 8.96. The Kier molecular flexibility index (Phi) is 3.06. The van der Waals surface area contributed by atoms with E-state index in [0.29, 0.717) is 12.0 Å². The standard InChI is InChI=1S/C11H20N2O/c1-9(14)13-7-3-2-4-10-8-12-6-5-11(10)13/h10-12H,2-8H2,1H3/t10-,11-/m1/s1. The summed E-state index contributed by atoms with van der Waals surface area (Å²) in [5, 5.41) is 3.43. The van der Waals surface area contributed by atoms with E-state index < -0.39 is 0 Å². The van der Waals surface area contributed by atoms with Gasteiger partial charge in [0.15, 0.2) is 0 Å². The number of nitrogens with zero attached hydrogens (tertiary/aromatic N) is 1. The Balaban J connectivity index is 2.10. The van der Waals surface area contributed by atoms with E-state index in [9.17, 15) is 4.79 Å². The van der Waals surface area contributed by atoms with Crippen molar-refractivity contribution in [3.63, 3.8) is 0 Å². The number of rotatable bonds is 0. The molecule has 0 aromatic carbocycles. The number of nitrogens with one attached hydrogen (secondary N) is 1. The molecule has 3 heteroatoms. The molecule has 14 heavy (non-hydrogen) atoms. The van der Waals surface area contributed by atoms with Gasteiger partial charge in [0, 0.05) is 19.5 Å². The molecule has 1 N–H and O–H groups in total. The highest BCUT2D eigenvalue weighted by molar-refractivity contribution is 5.73. The first-order chi connectivity index (χ1) is 6.79. The van der Waals surface area contributed by atoms with E-state index in [4.69, 9.17) is 0 Å². The Morgan fingerprint density at radius 1 is 1.36 bits per heavy atom. The monoisotopic (exact) mass is 196 g/mol. The topological polar surface area (TPSA) is 32.3 Å². The lowest BCUT2D eigenvalue weighted by Gasteiger charge is -2.38. The van der Waals surface area contributed by atoms with E-state index in [1.54, 1.807) is 6.92 Å². The van der Waals surface area contributed by atoms with Crippen LogP contribution in [0.5, 0.6) is 0 Å². The third kappa shape index (κ3) is 1.92. The zero-order chi connectivity index (χ0) is 9.97. The summed E-state index contributed by atoms with van der Waals surface area (Å²) in [6.07, 6.45) is 4.91. The van der Waals surface area contributed by atoms with E-state index in [-0.39, 0.29) is 5.91 Å². The van der Waals surface area contributed by atoms with Gasteiger partial charge in [0.1, 0.15) is 0 Å². The lowest BCUT2D eigenvalue weighted by molar-refractivity contribution is -0.132. The lowest BCUT2D eigenvalue weighted by Crippen LogP contribution is -2.50. The van der Waals surface area contributed by atoms with Gasteiger partial charge in [-0.2, -0.15) is 0 Å². The van der Waals surface area contributed by atoms with Gasteiger partial charge >= 0.3 is 0 Å². The molecule has 80 valence electrons. The van der Waals surface area contributed by atoms with Crippen molar-refractivity contribution in [3.8, 4) is 0 Å². The van der Waals surface area contributed by atoms with Gasteiger partial charge in [-0.1, -0.05) is 6.42 Å². The van der Waals surface area contributed by atoms with Gasteiger partial charge in [0.05, 0.1) is 0 Å². The van der Waals surface area contributed by atoms with Crippen LogP contribution in [-0.2, 0) is 4.79 Å². The molecule has 2 aliphatic heterocycles. The van der Waals surface area contributed by atoms with Crippen LogP contribution in [0, 0.1) is 5.92 Å². The van der Waals surface area contributed by atoms with E-state index in [0.717, 1.165) is 26.1 Å². The fourth-order valence-corrected chi connectivity index (χ4v) is 2.86. The van der Waals surface area contributed by atoms with Crippen molar-refractivity contribution in [2.45, 2.75) is 38.6 Å². The minimum absolute atomic E-state index is 0.267. The lowest BCUT2D eigenvalue weighted by atomic mass is 9.89. The minimum atomic E-state index is 0.267. The highest BCUT2D eigenvalue weighted by Gasteiger charge is 2.32.